The van der Waals surface area contributed by atoms with Crippen LogP contribution in [0.3, 0.4) is 0 Å². The molecule has 0 aliphatic carbocycles. The predicted molar refractivity (Wildman–Crippen MR) is 54.2 cm³/mol. The Labute approximate surface area is 86.7 Å². The molecule has 0 aliphatic heterocycles. The van der Waals surface area contributed by atoms with Crippen LogP contribution in [0.4, 0.5) is 0 Å². The van der Waals surface area contributed by atoms with Crippen LogP contribution in [-0.4, -0.2) is 5.78 Å². The van der Waals surface area contributed by atoms with Crippen LogP contribution < -0.4 is 0 Å². The van der Waals surface area contributed by atoms with Gasteiger partial charge in [-0.1, -0.05) is 29.1 Å². The SMILES string of the molecule is C#CCC(=O)c1ccc(Cl)cc1Cl. The Balaban J connectivity index is 3.03. The highest BCUT2D eigenvalue weighted by molar-refractivity contribution is 6.36. The van der Waals surface area contributed by atoms with Gasteiger partial charge in [-0.25, -0.2) is 0 Å². The van der Waals surface area contributed by atoms with E-state index in [1.54, 1.807) is 12.1 Å². The number of terminal acetylenes is 1. The van der Waals surface area contributed by atoms with Crippen molar-refractivity contribution in [1.82, 2.24) is 0 Å². The third-order valence-electron chi connectivity index (χ3n) is 1.49. The van der Waals surface area contributed by atoms with Crippen molar-refractivity contribution in [2.45, 2.75) is 6.42 Å². The van der Waals surface area contributed by atoms with Crippen molar-refractivity contribution in [3.63, 3.8) is 0 Å². The van der Waals surface area contributed by atoms with Crippen LogP contribution in [0.25, 0.3) is 0 Å². The van der Waals surface area contributed by atoms with Crippen molar-refractivity contribution in [2.24, 2.45) is 0 Å². The average Bonchev–Trinajstić information content (AvgIpc) is 2.04. The Morgan fingerprint density at radius 1 is 1.46 bits per heavy atom. The number of carbonyl (C=O) groups is 1. The zero-order chi connectivity index (χ0) is 9.84. The van der Waals surface area contributed by atoms with Gasteiger partial charge in [0.15, 0.2) is 5.78 Å². The quantitative estimate of drug-likeness (QED) is 0.544. The zero-order valence-corrected chi connectivity index (χ0v) is 8.19. The first-order chi connectivity index (χ1) is 6.15. The maximum atomic E-state index is 11.3. The molecule has 66 valence electrons. The molecular formula is C10H6Cl2O. The minimum atomic E-state index is -0.163. The number of carbonyl (C=O) groups excluding carboxylic acids is 1. The lowest BCUT2D eigenvalue weighted by Crippen LogP contribution is -1.97. The molecule has 0 N–H and O–H groups in total. The molecule has 0 aliphatic rings. The van der Waals surface area contributed by atoms with Gasteiger partial charge in [0.05, 0.1) is 11.4 Å². The molecule has 0 fully saturated rings. The molecule has 0 saturated carbocycles. The Morgan fingerprint density at radius 3 is 2.69 bits per heavy atom. The molecule has 0 unspecified atom stereocenters. The summed E-state index contributed by atoms with van der Waals surface area (Å²) in [5.74, 6) is 2.10. The molecule has 3 heteroatoms. The van der Waals surface area contributed by atoms with E-state index in [1.165, 1.54) is 6.07 Å². The molecule has 0 aromatic heterocycles. The first-order valence-corrected chi connectivity index (χ1v) is 4.32. The van der Waals surface area contributed by atoms with Gasteiger partial charge in [-0.3, -0.25) is 4.79 Å². The minimum Gasteiger partial charge on any atom is -0.293 e. The first-order valence-electron chi connectivity index (χ1n) is 3.57. The summed E-state index contributed by atoms with van der Waals surface area (Å²) in [6.45, 7) is 0. The van der Waals surface area contributed by atoms with Crippen LogP contribution >= 0.6 is 23.2 Å². The number of ketones is 1. The molecule has 1 aromatic carbocycles. The van der Waals surface area contributed by atoms with Gasteiger partial charge >= 0.3 is 0 Å². The lowest BCUT2D eigenvalue weighted by molar-refractivity contribution is 0.0998. The molecule has 1 aromatic rings. The second kappa shape index (κ2) is 4.32. The molecule has 13 heavy (non-hydrogen) atoms. The molecule has 0 saturated heterocycles. The highest BCUT2D eigenvalue weighted by atomic mass is 35.5. The Bertz CT molecular complexity index is 377. The Morgan fingerprint density at radius 2 is 2.15 bits per heavy atom. The van der Waals surface area contributed by atoms with E-state index in [0.717, 1.165) is 0 Å². The number of benzene rings is 1. The van der Waals surface area contributed by atoms with Crippen molar-refractivity contribution in [3.05, 3.63) is 33.8 Å². The third-order valence-corrected chi connectivity index (χ3v) is 2.04. The number of hydrogen-bond acceptors (Lipinski definition) is 1. The molecule has 0 radical (unpaired) electrons. The van der Waals surface area contributed by atoms with E-state index in [9.17, 15) is 4.79 Å². The number of hydrogen-bond donors (Lipinski definition) is 0. The molecule has 0 atom stereocenters. The number of rotatable bonds is 2. The summed E-state index contributed by atoms with van der Waals surface area (Å²) < 4.78 is 0. The third kappa shape index (κ3) is 2.48. The van der Waals surface area contributed by atoms with E-state index in [4.69, 9.17) is 29.6 Å². The smallest absolute Gasteiger partial charge is 0.176 e. The van der Waals surface area contributed by atoms with E-state index in [0.29, 0.717) is 15.6 Å². The molecule has 0 spiro atoms. The number of halogens is 2. The maximum Gasteiger partial charge on any atom is 0.176 e. The largest absolute Gasteiger partial charge is 0.293 e. The summed E-state index contributed by atoms with van der Waals surface area (Å²) in [5.41, 5.74) is 0.420. The highest BCUT2D eigenvalue weighted by Gasteiger charge is 2.08. The van der Waals surface area contributed by atoms with Crippen LogP contribution in [0, 0.1) is 12.3 Å². The second-order valence-corrected chi connectivity index (χ2v) is 3.27. The van der Waals surface area contributed by atoms with Gasteiger partial charge in [0.2, 0.25) is 0 Å². The molecule has 1 rings (SSSR count). The van der Waals surface area contributed by atoms with Crippen molar-refractivity contribution in [1.29, 1.82) is 0 Å². The van der Waals surface area contributed by atoms with E-state index >= 15 is 0 Å². The molecule has 0 amide bonds. The van der Waals surface area contributed by atoms with Gasteiger partial charge in [-0.15, -0.1) is 6.42 Å². The van der Waals surface area contributed by atoms with Crippen LogP contribution in [0.5, 0.6) is 0 Å². The van der Waals surface area contributed by atoms with Crippen LogP contribution in [0.2, 0.25) is 10.0 Å². The van der Waals surface area contributed by atoms with Gasteiger partial charge in [0.25, 0.3) is 0 Å². The molecule has 0 heterocycles. The normalized spacial score (nSPS) is 9.31. The molecule has 1 nitrogen and oxygen atoms in total. The van der Waals surface area contributed by atoms with Gasteiger partial charge in [0.1, 0.15) is 0 Å². The fourth-order valence-corrected chi connectivity index (χ4v) is 1.42. The molecular weight excluding hydrogens is 207 g/mol. The van der Waals surface area contributed by atoms with Crippen LogP contribution in [0.15, 0.2) is 18.2 Å². The summed E-state index contributed by atoms with van der Waals surface area (Å²) in [6.07, 6.45) is 5.06. The van der Waals surface area contributed by atoms with Gasteiger partial charge in [0, 0.05) is 10.6 Å². The van der Waals surface area contributed by atoms with E-state index in [1.807, 2.05) is 0 Å². The van der Waals surface area contributed by atoms with Crippen molar-refractivity contribution >= 4 is 29.0 Å². The van der Waals surface area contributed by atoms with E-state index in [-0.39, 0.29) is 12.2 Å². The van der Waals surface area contributed by atoms with Crippen molar-refractivity contribution in [2.75, 3.05) is 0 Å². The van der Waals surface area contributed by atoms with Gasteiger partial charge in [-0.05, 0) is 18.2 Å². The fourth-order valence-electron chi connectivity index (χ4n) is 0.904. The lowest BCUT2D eigenvalue weighted by Gasteiger charge is -2.00. The van der Waals surface area contributed by atoms with E-state index < -0.39 is 0 Å². The monoisotopic (exact) mass is 212 g/mol. The van der Waals surface area contributed by atoms with Gasteiger partial charge in [-0.2, -0.15) is 0 Å². The van der Waals surface area contributed by atoms with Crippen molar-refractivity contribution in [3.8, 4) is 12.3 Å². The average molecular weight is 213 g/mol. The highest BCUT2D eigenvalue weighted by Crippen LogP contribution is 2.21. The van der Waals surface area contributed by atoms with E-state index in [2.05, 4.69) is 5.92 Å². The topological polar surface area (TPSA) is 17.1 Å². The number of Topliss-reactive ketones (excluding diaryl/α,β-unsaturated/α-hetero) is 1. The second-order valence-electron chi connectivity index (χ2n) is 2.43. The fraction of sp³-hybridized carbons (Fsp3) is 0.100. The standard InChI is InChI=1S/C10H6Cl2O/c1-2-3-10(13)8-5-4-7(11)6-9(8)12/h1,4-6H,3H2. The minimum absolute atomic E-state index is 0.0569. The van der Waals surface area contributed by atoms with Gasteiger partial charge < -0.3 is 0 Å². The van der Waals surface area contributed by atoms with Crippen molar-refractivity contribution < 1.29 is 4.79 Å². The summed E-state index contributed by atoms with van der Waals surface area (Å²) in [6, 6.07) is 4.70. The predicted octanol–water partition coefficient (Wildman–Crippen LogP) is 3.20. The zero-order valence-electron chi connectivity index (χ0n) is 6.68. The van der Waals surface area contributed by atoms with Crippen LogP contribution in [-0.2, 0) is 0 Å². The maximum absolute atomic E-state index is 11.3. The summed E-state index contributed by atoms with van der Waals surface area (Å²) in [4.78, 5) is 11.3. The molecule has 0 bridgehead atoms. The Kier molecular flexibility index (Phi) is 3.36. The van der Waals surface area contributed by atoms with Crippen LogP contribution in [0.1, 0.15) is 16.8 Å². The summed E-state index contributed by atoms with van der Waals surface area (Å²) in [5, 5.41) is 0.843. The summed E-state index contributed by atoms with van der Waals surface area (Å²) in [7, 11) is 0. The summed E-state index contributed by atoms with van der Waals surface area (Å²) >= 11 is 11.4. The lowest BCUT2D eigenvalue weighted by atomic mass is 10.1. The first kappa shape index (κ1) is 10.1. The Hall–Kier alpha value is -0.970.